The second kappa shape index (κ2) is 11.1. The van der Waals surface area contributed by atoms with Gasteiger partial charge in [0.2, 0.25) is 5.82 Å². The maximum absolute atomic E-state index is 14.9. The molecular formula is C24H30F2N4O5S. The molecule has 2 fully saturated rings. The molecule has 196 valence electrons. The fraction of sp³-hybridized carbons (Fsp3) is 0.500. The number of aromatic nitrogens is 1. The SMILES string of the molecule is CC[C@@H](Oc1ccc(C(=O)NS(=O)(=O)N2CCN(C)CC2)c(F)c1F)c1cc(OCC2CC2)ccn1. The van der Waals surface area contributed by atoms with Crippen LogP contribution in [0.4, 0.5) is 8.78 Å². The first-order valence-corrected chi connectivity index (χ1v) is 13.4. The minimum Gasteiger partial charge on any atom is -0.493 e. The zero-order valence-electron chi connectivity index (χ0n) is 20.2. The van der Waals surface area contributed by atoms with E-state index in [0.29, 0.717) is 43.5 Å². The van der Waals surface area contributed by atoms with Gasteiger partial charge >= 0.3 is 10.2 Å². The van der Waals surface area contributed by atoms with Gasteiger partial charge < -0.3 is 14.4 Å². The Morgan fingerprint density at radius 3 is 2.56 bits per heavy atom. The normalized spacial score (nSPS) is 18.0. The lowest BCUT2D eigenvalue weighted by Crippen LogP contribution is -2.52. The molecule has 12 heteroatoms. The zero-order valence-corrected chi connectivity index (χ0v) is 21.1. The summed E-state index contributed by atoms with van der Waals surface area (Å²) >= 11 is 0. The standard InChI is InChI=1S/C24H30F2N4O5S/c1-3-20(19-14-17(8-9-27-19)34-15-16-4-5-16)35-21-7-6-18(22(25)23(21)26)24(31)28-36(32,33)30-12-10-29(2)11-13-30/h6-9,14,16,20H,3-5,10-13,15H2,1-2H3,(H,28,31)/t20-/m1/s1. The number of carbonyl (C=O) groups excluding carboxylic acids is 1. The molecule has 1 N–H and O–H groups in total. The van der Waals surface area contributed by atoms with Crippen molar-refractivity contribution < 1.29 is 31.5 Å². The smallest absolute Gasteiger partial charge is 0.304 e. The van der Waals surface area contributed by atoms with Crippen LogP contribution < -0.4 is 14.2 Å². The van der Waals surface area contributed by atoms with E-state index in [0.717, 1.165) is 29.3 Å². The molecule has 0 spiro atoms. The Labute approximate surface area is 209 Å². The first-order chi connectivity index (χ1) is 17.2. The number of pyridine rings is 1. The first-order valence-electron chi connectivity index (χ1n) is 11.9. The highest BCUT2D eigenvalue weighted by Crippen LogP contribution is 2.32. The van der Waals surface area contributed by atoms with Crippen LogP contribution in [0, 0.1) is 17.6 Å². The second-order valence-corrected chi connectivity index (χ2v) is 10.7. The van der Waals surface area contributed by atoms with Gasteiger partial charge in [0.25, 0.3) is 5.91 Å². The number of carbonyl (C=O) groups is 1. The van der Waals surface area contributed by atoms with Gasteiger partial charge in [0.15, 0.2) is 11.6 Å². The van der Waals surface area contributed by atoms with Crippen molar-refractivity contribution in [3.8, 4) is 11.5 Å². The number of rotatable bonds is 10. The first kappa shape index (κ1) is 26.2. The minimum absolute atomic E-state index is 0.183. The molecule has 0 bridgehead atoms. The molecule has 2 aliphatic rings. The van der Waals surface area contributed by atoms with Crippen LogP contribution in [0.2, 0.25) is 0 Å². The van der Waals surface area contributed by atoms with Gasteiger partial charge in [-0.2, -0.15) is 17.1 Å². The summed E-state index contributed by atoms with van der Waals surface area (Å²) < 4.78 is 69.1. The van der Waals surface area contributed by atoms with E-state index >= 15 is 0 Å². The van der Waals surface area contributed by atoms with Crippen molar-refractivity contribution in [3.63, 3.8) is 0 Å². The number of hydrogen-bond acceptors (Lipinski definition) is 7. The lowest BCUT2D eigenvalue weighted by atomic mass is 10.1. The zero-order chi connectivity index (χ0) is 25.9. The summed E-state index contributed by atoms with van der Waals surface area (Å²) in [6, 6.07) is 5.53. The molecule has 1 amide bonds. The van der Waals surface area contributed by atoms with E-state index in [2.05, 4.69) is 4.98 Å². The van der Waals surface area contributed by atoms with Gasteiger partial charge in [-0.25, -0.2) is 9.11 Å². The van der Waals surface area contributed by atoms with Gasteiger partial charge in [-0.1, -0.05) is 6.92 Å². The van der Waals surface area contributed by atoms with E-state index in [-0.39, 0.29) is 13.1 Å². The molecule has 2 aromatic rings. The number of piperazine rings is 1. The summed E-state index contributed by atoms with van der Waals surface area (Å²) in [6.07, 6.45) is 3.58. The Bertz CT molecular complexity index is 1200. The van der Waals surface area contributed by atoms with E-state index in [1.807, 2.05) is 23.6 Å². The Kier molecular flexibility index (Phi) is 8.06. The molecule has 9 nitrogen and oxygen atoms in total. The minimum atomic E-state index is -4.20. The lowest BCUT2D eigenvalue weighted by Gasteiger charge is -2.31. The summed E-state index contributed by atoms with van der Waals surface area (Å²) in [5, 5.41) is 0. The molecule has 1 atom stereocenters. The molecule has 1 saturated carbocycles. The molecule has 1 aliphatic heterocycles. The lowest BCUT2D eigenvalue weighted by molar-refractivity contribution is 0.0972. The van der Waals surface area contributed by atoms with Crippen LogP contribution in [0.15, 0.2) is 30.5 Å². The Morgan fingerprint density at radius 1 is 1.17 bits per heavy atom. The summed E-state index contributed by atoms with van der Waals surface area (Å²) in [7, 11) is -2.35. The van der Waals surface area contributed by atoms with Crippen LogP contribution >= 0.6 is 0 Å². The number of benzene rings is 1. The highest BCUT2D eigenvalue weighted by atomic mass is 32.2. The maximum atomic E-state index is 14.9. The third-order valence-electron chi connectivity index (χ3n) is 6.22. The highest BCUT2D eigenvalue weighted by molar-refractivity contribution is 7.87. The molecule has 1 aliphatic carbocycles. The molecule has 1 aromatic heterocycles. The predicted molar refractivity (Wildman–Crippen MR) is 128 cm³/mol. The number of ether oxygens (including phenoxy) is 2. The fourth-order valence-corrected chi connectivity index (χ4v) is 4.88. The summed E-state index contributed by atoms with van der Waals surface area (Å²) in [5.41, 5.74) is -0.245. The van der Waals surface area contributed by atoms with E-state index in [1.54, 1.807) is 18.3 Å². The maximum Gasteiger partial charge on any atom is 0.304 e. The van der Waals surface area contributed by atoms with Crippen molar-refractivity contribution in [1.29, 1.82) is 0 Å². The fourth-order valence-electron chi connectivity index (χ4n) is 3.76. The number of hydrogen-bond donors (Lipinski definition) is 1. The number of halogens is 2. The van der Waals surface area contributed by atoms with Crippen molar-refractivity contribution in [2.75, 3.05) is 39.8 Å². The van der Waals surface area contributed by atoms with Crippen molar-refractivity contribution in [2.45, 2.75) is 32.3 Å². The van der Waals surface area contributed by atoms with Crippen LogP contribution in [0.1, 0.15) is 48.3 Å². The Morgan fingerprint density at radius 2 is 1.89 bits per heavy atom. The topological polar surface area (TPSA) is 101 Å². The highest BCUT2D eigenvalue weighted by Gasteiger charge is 2.30. The molecule has 1 saturated heterocycles. The van der Waals surface area contributed by atoms with E-state index in [9.17, 15) is 22.0 Å². The number of nitrogens with one attached hydrogen (secondary N) is 1. The van der Waals surface area contributed by atoms with Gasteiger partial charge in [-0.15, -0.1) is 0 Å². The molecule has 2 heterocycles. The monoisotopic (exact) mass is 524 g/mol. The third kappa shape index (κ3) is 6.29. The Hall–Kier alpha value is -2.83. The van der Waals surface area contributed by atoms with Crippen LogP contribution in [0.25, 0.3) is 0 Å². The average Bonchev–Trinajstić information content (AvgIpc) is 3.68. The van der Waals surface area contributed by atoms with E-state index in [4.69, 9.17) is 9.47 Å². The average molecular weight is 525 g/mol. The molecule has 1 aromatic carbocycles. The van der Waals surface area contributed by atoms with Crippen molar-refractivity contribution >= 4 is 16.1 Å². The number of likely N-dealkylation sites (N-methyl/N-ethyl adjacent to an activating group) is 1. The summed E-state index contributed by atoms with van der Waals surface area (Å²) in [6.45, 7) is 3.78. The molecule has 0 unspecified atom stereocenters. The third-order valence-corrected chi connectivity index (χ3v) is 7.71. The molecule has 0 radical (unpaired) electrons. The second-order valence-electron chi connectivity index (χ2n) is 9.06. The summed E-state index contributed by atoms with van der Waals surface area (Å²) in [4.78, 5) is 18.7. The number of nitrogens with zero attached hydrogens (tertiary/aromatic N) is 3. The van der Waals surface area contributed by atoms with Crippen LogP contribution in [0.3, 0.4) is 0 Å². The largest absolute Gasteiger partial charge is 0.493 e. The molecule has 4 rings (SSSR count). The van der Waals surface area contributed by atoms with Crippen molar-refractivity contribution in [1.82, 2.24) is 18.9 Å². The van der Waals surface area contributed by atoms with Crippen molar-refractivity contribution in [2.24, 2.45) is 5.92 Å². The van der Waals surface area contributed by atoms with Crippen LogP contribution in [-0.4, -0.2) is 68.3 Å². The van der Waals surface area contributed by atoms with Gasteiger partial charge in [-0.3, -0.25) is 9.78 Å². The predicted octanol–water partition coefficient (Wildman–Crippen LogP) is 2.90. The quantitative estimate of drug-likeness (QED) is 0.510. The van der Waals surface area contributed by atoms with Gasteiger partial charge in [0, 0.05) is 38.4 Å². The van der Waals surface area contributed by atoms with Crippen molar-refractivity contribution in [3.05, 3.63) is 53.4 Å². The van der Waals surface area contributed by atoms with Gasteiger partial charge in [0.1, 0.15) is 11.9 Å². The van der Waals surface area contributed by atoms with Gasteiger partial charge in [0.05, 0.1) is 17.9 Å². The molecular weight excluding hydrogens is 494 g/mol. The van der Waals surface area contributed by atoms with Crippen LogP contribution in [-0.2, 0) is 10.2 Å². The van der Waals surface area contributed by atoms with E-state index < -0.39 is 45.2 Å². The van der Waals surface area contributed by atoms with E-state index in [1.165, 1.54) is 0 Å². The number of amides is 1. The molecule has 36 heavy (non-hydrogen) atoms. The van der Waals surface area contributed by atoms with Gasteiger partial charge in [-0.05, 0) is 50.4 Å². The van der Waals surface area contributed by atoms with Crippen LogP contribution in [0.5, 0.6) is 11.5 Å². The summed E-state index contributed by atoms with van der Waals surface area (Å²) in [5.74, 6) is -3.37. The Balaban J connectivity index is 1.45.